The molecular weight excluding hydrogens is 179 g/mol. The van der Waals surface area contributed by atoms with Crippen LogP contribution in [0.1, 0.15) is 26.2 Å². The van der Waals surface area contributed by atoms with E-state index in [2.05, 4.69) is 11.9 Å². The topological polar surface area (TPSA) is 29.3 Å². The molecule has 3 atom stereocenters. The summed E-state index contributed by atoms with van der Waals surface area (Å²) in [5.41, 5.74) is 5.53. The van der Waals surface area contributed by atoms with Crippen LogP contribution < -0.4 is 5.73 Å². The summed E-state index contributed by atoms with van der Waals surface area (Å²) >= 11 is 0. The molecule has 2 nitrogen and oxygen atoms in total. The first-order valence-electron chi connectivity index (χ1n) is 5.67. The predicted octanol–water partition coefficient (Wildman–Crippen LogP) is 1.65. The molecule has 0 saturated carbocycles. The Morgan fingerprint density at radius 2 is 2.29 bits per heavy atom. The fraction of sp³-hybridized carbons (Fsp3) is 1.00. The minimum absolute atomic E-state index is 0.169. The molecule has 1 aliphatic rings. The molecule has 0 spiro atoms. The molecule has 0 radical (unpaired) electrons. The van der Waals surface area contributed by atoms with Gasteiger partial charge in [0.25, 0.3) is 0 Å². The van der Waals surface area contributed by atoms with Crippen molar-refractivity contribution >= 4 is 0 Å². The maximum atomic E-state index is 13.4. The SMILES string of the molecule is CC(F)C(CCN)C1CCCN(C)C1. The molecular formula is C11H23FN2. The second-order valence-electron chi connectivity index (χ2n) is 4.58. The van der Waals surface area contributed by atoms with Crippen LogP contribution in [-0.4, -0.2) is 37.8 Å². The van der Waals surface area contributed by atoms with Crippen molar-refractivity contribution in [2.75, 3.05) is 26.7 Å². The molecule has 0 aliphatic carbocycles. The number of nitrogens with two attached hydrogens (primary N) is 1. The predicted molar refractivity (Wildman–Crippen MR) is 58.0 cm³/mol. The number of nitrogens with zero attached hydrogens (tertiary/aromatic N) is 1. The Balaban J connectivity index is 2.48. The molecule has 0 amide bonds. The van der Waals surface area contributed by atoms with E-state index in [0.717, 1.165) is 19.5 Å². The summed E-state index contributed by atoms with van der Waals surface area (Å²) in [6, 6.07) is 0. The Bertz CT molecular complexity index is 161. The summed E-state index contributed by atoms with van der Waals surface area (Å²) in [5.74, 6) is 0.681. The van der Waals surface area contributed by atoms with Gasteiger partial charge in [-0.15, -0.1) is 0 Å². The number of piperidine rings is 1. The number of rotatable bonds is 4. The second kappa shape index (κ2) is 5.66. The molecule has 1 heterocycles. The van der Waals surface area contributed by atoms with Crippen LogP contribution in [0.2, 0.25) is 0 Å². The lowest BCUT2D eigenvalue weighted by molar-refractivity contribution is 0.101. The highest BCUT2D eigenvalue weighted by Gasteiger charge is 2.29. The Kier molecular flexibility index (Phi) is 4.82. The van der Waals surface area contributed by atoms with Crippen molar-refractivity contribution in [1.29, 1.82) is 0 Å². The van der Waals surface area contributed by atoms with Crippen molar-refractivity contribution < 1.29 is 4.39 Å². The maximum absolute atomic E-state index is 13.4. The van der Waals surface area contributed by atoms with E-state index < -0.39 is 6.17 Å². The van der Waals surface area contributed by atoms with Gasteiger partial charge in [0.2, 0.25) is 0 Å². The summed E-state index contributed by atoms with van der Waals surface area (Å²) in [4.78, 5) is 2.31. The number of hydrogen-bond donors (Lipinski definition) is 1. The molecule has 0 aromatic rings. The van der Waals surface area contributed by atoms with Gasteiger partial charge in [0.05, 0.1) is 0 Å². The second-order valence-corrected chi connectivity index (χ2v) is 4.58. The monoisotopic (exact) mass is 202 g/mol. The molecule has 1 saturated heterocycles. The lowest BCUT2D eigenvalue weighted by Gasteiger charge is -2.35. The fourth-order valence-corrected chi connectivity index (χ4v) is 2.59. The van der Waals surface area contributed by atoms with Gasteiger partial charge < -0.3 is 10.6 Å². The van der Waals surface area contributed by atoms with Crippen LogP contribution in [-0.2, 0) is 0 Å². The van der Waals surface area contributed by atoms with E-state index in [1.165, 1.54) is 12.8 Å². The van der Waals surface area contributed by atoms with Crippen molar-refractivity contribution in [2.45, 2.75) is 32.4 Å². The van der Waals surface area contributed by atoms with Gasteiger partial charge in [-0.05, 0) is 58.2 Å². The summed E-state index contributed by atoms with van der Waals surface area (Å²) in [5, 5.41) is 0. The van der Waals surface area contributed by atoms with Gasteiger partial charge in [-0.25, -0.2) is 4.39 Å². The zero-order chi connectivity index (χ0) is 10.6. The van der Waals surface area contributed by atoms with Gasteiger partial charge in [0.1, 0.15) is 6.17 Å². The van der Waals surface area contributed by atoms with Crippen LogP contribution in [0.3, 0.4) is 0 Å². The minimum atomic E-state index is -0.713. The number of alkyl halides is 1. The first kappa shape index (κ1) is 11.9. The van der Waals surface area contributed by atoms with E-state index in [9.17, 15) is 4.39 Å². The van der Waals surface area contributed by atoms with E-state index in [1.807, 2.05) is 0 Å². The first-order chi connectivity index (χ1) is 6.65. The van der Waals surface area contributed by atoms with E-state index in [0.29, 0.717) is 12.5 Å². The van der Waals surface area contributed by atoms with E-state index >= 15 is 0 Å². The summed E-state index contributed by atoms with van der Waals surface area (Å²) in [6.45, 7) is 4.49. The van der Waals surface area contributed by atoms with Gasteiger partial charge in [0, 0.05) is 6.54 Å². The molecule has 1 rings (SSSR count). The highest BCUT2D eigenvalue weighted by atomic mass is 19.1. The molecule has 1 aliphatic heterocycles. The zero-order valence-corrected chi connectivity index (χ0v) is 9.38. The van der Waals surface area contributed by atoms with Crippen molar-refractivity contribution in [3.05, 3.63) is 0 Å². The number of halogens is 1. The molecule has 0 bridgehead atoms. The smallest absolute Gasteiger partial charge is 0.100 e. The third kappa shape index (κ3) is 3.21. The molecule has 0 aromatic carbocycles. The highest BCUT2D eigenvalue weighted by Crippen LogP contribution is 2.29. The average Bonchev–Trinajstić information content (AvgIpc) is 2.13. The third-order valence-electron chi connectivity index (χ3n) is 3.36. The summed E-state index contributed by atoms with van der Waals surface area (Å²) in [6.07, 6.45) is 2.49. The molecule has 3 heteroatoms. The normalized spacial score (nSPS) is 28.7. The van der Waals surface area contributed by atoms with Crippen molar-refractivity contribution in [3.63, 3.8) is 0 Å². The third-order valence-corrected chi connectivity index (χ3v) is 3.36. The molecule has 84 valence electrons. The molecule has 0 aromatic heterocycles. The van der Waals surface area contributed by atoms with Gasteiger partial charge in [-0.3, -0.25) is 0 Å². The highest BCUT2D eigenvalue weighted by molar-refractivity contribution is 4.80. The number of likely N-dealkylation sites (tertiary alicyclic amines) is 1. The Hall–Kier alpha value is -0.150. The Labute approximate surface area is 86.6 Å². The molecule has 14 heavy (non-hydrogen) atoms. The van der Waals surface area contributed by atoms with Crippen molar-refractivity contribution in [3.8, 4) is 0 Å². The molecule has 1 fully saturated rings. The van der Waals surface area contributed by atoms with Gasteiger partial charge in [-0.1, -0.05) is 0 Å². The zero-order valence-electron chi connectivity index (χ0n) is 9.38. The standard InChI is InChI=1S/C11H23FN2/c1-9(12)11(5-6-13)10-4-3-7-14(2)8-10/h9-11H,3-8,13H2,1-2H3. The average molecular weight is 202 g/mol. The first-order valence-corrected chi connectivity index (χ1v) is 5.67. The fourth-order valence-electron chi connectivity index (χ4n) is 2.59. The van der Waals surface area contributed by atoms with Crippen LogP contribution in [0.25, 0.3) is 0 Å². The minimum Gasteiger partial charge on any atom is -0.330 e. The van der Waals surface area contributed by atoms with E-state index in [4.69, 9.17) is 5.73 Å². The molecule has 2 N–H and O–H groups in total. The Morgan fingerprint density at radius 1 is 1.57 bits per heavy atom. The largest absolute Gasteiger partial charge is 0.330 e. The maximum Gasteiger partial charge on any atom is 0.100 e. The summed E-state index contributed by atoms with van der Waals surface area (Å²) < 4.78 is 13.4. The Morgan fingerprint density at radius 3 is 2.79 bits per heavy atom. The van der Waals surface area contributed by atoms with Crippen LogP contribution >= 0.6 is 0 Å². The number of hydrogen-bond acceptors (Lipinski definition) is 2. The molecule has 3 unspecified atom stereocenters. The van der Waals surface area contributed by atoms with Crippen LogP contribution in [0, 0.1) is 11.8 Å². The van der Waals surface area contributed by atoms with Crippen LogP contribution in [0.15, 0.2) is 0 Å². The lowest BCUT2D eigenvalue weighted by Crippen LogP contribution is -2.38. The van der Waals surface area contributed by atoms with E-state index in [-0.39, 0.29) is 5.92 Å². The van der Waals surface area contributed by atoms with Gasteiger partial charge >= 0.3 is 0 Å². The summed E-state index contributed by atoms with van der Waals surface area (Å²) in [7, 11) is 2.12. The van der Waals surface area contributed by atoms with Crippen LogP contribution in [0.5, 0.6) is 0 Å². The van der Waals surface area contributed by atoms with Gasteiger partial charge in [0.15, 0.2) is 0 Å². The quantitative estimate of drug-likeness (QED) is 0.751. The van der Waals surface area contributed by atoms with Crippen molar-refractivity contribution in [1.82, 2.24) is 4.90 Å². The van der Waals surface area contributed by atoms with E-state index in [1.54, 1.807) is 6.92 Å². The van der Waals surface area contributed by atoms with Crippen LogP contribution in [0.4, 0.5) is 4.39 Å². The lowest BCUT2D eigenvalue weighted by atomic mass is 9.81. The van der Waals surface area contributed by atoms with Crippen molar-refractivity contribution in [2.24, 2.45) is 17.6 Å². The van der Waals surface area contributed by atoms with Gasteiger partial charge in [-0.2, -0.15) is 0 Å².